The van der Waals surface area contributed by atoms with Crippen molar-refractivity contribution < 1.29 is 28.2 Å². The molecule has 1 atom stereocenters. The molecular weight excluding hydrogens is 559 g/mol. The highest BCUT2D eigenvalue weighted by atomic mass is 19.1. The van der Waals surface area contributed by atoms with Crippen molar-refractivity contribution in [1.82, 2.24) is 0 Å². The van der Waals surface area contributed by atoms with Gasteiger partial charge in [-0.15, -0.1) is 0 Å². The Morgan fingerprint density at radius 3 is 1.95 bits per heavy atom. The molecule has 236 valence electrons. The van der Waals surface area contributed by atoms with E-state index in [1.54, 1.807) is 60.7 Å². The molecule has 0 N–H and O–H groups in total. The van der Waals surface area contributed by atoms with Crippen LogP contribution in [-0.4, -0.2) is 24.6 Å². The first-order valence-corrected chi connectivity index (χ1v) is 15.9. The van der Waals surface area contributed by atoms with E-state index in [1.165, 1.54) is 38.2 Å². The molecule has 3 aromatic carbocycles. The van der Waals surface area contributed by atoms with Gasteiger partial charge in [0.15, 0.2) is 11.6 Å². The first kappa shape index (κ1) is 34.4. The van der Waals surface area contributed by atoms with E-state index >= 15 is 0 Å². The number of benzene rings is 3. The van der Waals surface area contributed by atoms with Gasteiger partial charge >= 0.3 is 11.9 Å². The van der Waals surface area contributed by atoms with Gasteiger partial charge in [0.25, 0.3) is 0 Å². The van der Waals surface area contributed by atoms with Gasteiger partial charge in [0, 0.05) is 6.07 Å². The number of carbonyl (C=O) groups is 2. The summed E-state index contributed by atoms with van der Waals surface area (Å²) in [5, 5.41) is 8.23. The second-order valence-electron chi connectivity index (χ2n) is 11.0. The van der Waals surface area contributed by atoms with Crippen molar-refractivity contribution in [2.24, 2.45) is 10.2 Å². The minimum absolute atomic E-state index is 0.153. The molecule has 3 rings (SSSR count). The zero-order chi connectivity index (χ0) is 31.6. The Morgan fingerprint density at radius 2 is 1.27 bits per heavy atom. The Labute approximate surface area is 260 Å². The number of halogens is 1. The Hall–Kier alpha value is -4.07. The maximum Gasteiger partial charge on any atom is 0.343 e. The fourth-order valence-electron chi connectivity index (χ4n) is 4.51. The van der Waals surface area contributed by atoms with Crippen molar-refractivity contribution in [2.45, 2.75) is 97.5 Å². The van der Waals surface area contributed by atoms with Gasteiger partial charge < -0.3 is 14.2 Å². The minimum atomic E-state index is -0.553. The third-order valence-corrected chi connectivity index (χ3v) is 7.13. The summed E-state index contributed by atoms with van der Waals surface area (Å²) in [6, 6.07) is 17.2. The fourth-order valence-corrected chi connectivity index (χ4v) is 4.51. The van der Waals surface area contributed by atoms with Crippen LogP contribution in [0.4, 0.5) is 15.8 Å². The molecule has 0 aromatic heterocycles. The van der Waals surface area contributed by atoms with Crippen LogP contribution in [0.2, 0.25) is 0 Å². The zero-order valence-electron chi connectivity index (χ0n) is 26.2. The molecule has 0 saturated carbocycles. The number of rotatable bonds is 19. The maximum atomic E-state index is 14.4. The molecule has 0 spiro atoms. The standard InChI is InChI=1S/C36H45FN2O5/c1-4-6-8-10-11-13-25-42-34-24-21-31(26-33(34)37)39-38-30-19-15-28(16-20-30)36(41)44-32-22-17-29(18-23-32)35(40)43-27(3)14-12-9-7-5-2/h15-24,26-27H,4-14,25H2,1-3H3/t27-/m0/s1. The lowest BCUT2D eigenvalue weighted by Gasteiger charge is -2.13. The fraction of sp³-hybridized carbons (Fsp3) is 0.444. The summed E-state index contributed by atoms with van der Waals surface area (Å²) in [4.78, 5) is 25.0. The molecular formula is C36H45FN2O5. The van der Waals surface area contributed by atoms with E-state index in [0.29, 0.717) is 34.9 Å². The molecule has 0 aliphatic heterocycles. The van der Waals surface area contributed by atoms with E-state index < -0.39 is 17.8 Å². The maximum absolute atomic E-state index is 14.4. The van der Waals surface area contributed by atoms with Gasteiger partial charge in [0.1, 0.15) is 5.75 Å². The molecule has 0 heterocycles. The third kappa shape index (κ3) is 12.3. The monoisotopic (exact) mass is 604 g/mol. The topological polar surface area (TPSA) is 86.5 Å². The third-order valence-electron chi connectivity index (χ3n) is 7.13. The summed E-state index contributed by atoms with van der Waals surface area (Å²) >= 11 is 0. The van der Waals surface area contributed by atoms with Crippen LogP contribution in [0.15, 0.2) is 77.0 Å². The molecule has 3 aromatic rings. The smallest absolute Gasteiger partial charge is 0.343 e. The molecule has 0 radical (unpaired) electrons. The van der Waals surface area contributed by atoms with Gasteiger partial charge in [-0.05, 0) is 86.8 Å². The van der Waals surface area contributed by atoms with E-state index in [2.05, 4.69) is 24.1 Å². The summed E-state index contributed by atoms with van der Waals surface area (Å²) < 4.78 is 31.0. The van der Waals surface area contributed by atoms with E-state index in [0.717, 1.165) is 38.5 Å². The average Bonchev–Trinajstić information content (AvgIpc) is 3.03. The van der Waals surface area contributed by atoms with Crippen LogP contribution in [0.5, 0.6) is 11.5 Å². The molecule has 0 amide bonds. The molecule has 0 saturated heterocycles. The quantitative estimate of drug-likeness (QED) is 0.0588. The second kappa shape index (κ2) is 19.3. The zero-order valence-corrected chi connectivity index (χ0v) is 26.2. The van der Waals surface area contributed by atoms with Gasteiger partial charge in [-0.2, -0.15) is 10.2 Å². The molecule has 0 aliphatic rings. The number of hydrogen-bond acceptors (Lipinski definition) is 7. The normalized spacial score (nSPS) is 11.8. The van der Waals surface area contributed by atoms with Crippen LogP contribution in [0.3, 0.4) is 0 Å². The summed E-state index contributed by atoms with van der Waals surface area (Å²) in [6.45, 7) is 6.73. The highest BCUT2D eigenvalue weighted by Crippen LogP contribution is 2.26. The number of carbonyl (C=O) groups excluding carboxylic acids is 2. The SMILES string of the molecule is CCCCCCCCOc1ccc(N=Nc2ccc(C(=O)Oc3ccc(C(=O)O[C@@H](C)CCCCCC)cc3)cc2)cc1F. The molecule has 0 aliphatic carbocycles. The predicted octanol–water partition coefficient (Wildman–Crippen LogP) is 10.7. The van der Waals surface area contributed by atoms with Gasteiger partial charge in [-0.3, -0.25) is 0 Å². The lowest BCUT2D eigenvalue weighted by Crippen LogP contribution is -2.15. The molecule has 0 unspecified atom stereocenters. The molecule has 8 heteroatoms. The van der Waals surface area contributed by atoms with E-state index in [-0.39, 0.29) is 11.9 Å². The van der Waals surface area contributed by atoms with Gasteiger partial charge in [-0.25, -0.2) is 14.0 Å². The molecule has 7 nitrogen and oxygen atoms in total. The van der Waals surface area contributed by atoms with Gasteiger partial charge in [0.05, 0.1) is 35.2 Å². The highest BCUT2D eigenvalue weighted by molar-refractivity contribution is 5.92. The summed E-state index contributed by atoms with van der Waals surface area (Å²) in [7, 11) is 0. The summed E-state index contributed by atoms with van der Waals surface area (Å²) in [6.07, 6.45) is 12.0. The van der Waals surface area contributed by atoms with Gasteiger partial charge in [-0.1, -0.05) is 65.2 Å². The van der Waals surface area contributed by atoms with Crippen molar-refractivity contribution in [1.29, 1.82) is 0 Å². The molecule has 0 fully saturated rings. The first-order chi connectivity index (χ1) is 21.4. The number of hydrogen-bond donors (Lipinski definition) is 0. The molecule has 0 bridgehead atoms. The summed E-state index contributed by atoms with van der Waals surface area (Å²) in [5.41, 5.74) is 1.57. The van der Waals surface area contributed by atoms with E-state index in [1.807, 2.05) is 6.92 Å². The van der Waals surface area contributed by atoms with Crippen molar-refractivity contribution in [3.05, 3.63) is 83.7 Å². The second-order valence-corrected chi connectivity index (χ2v) is 11.0. The van der Waals surface area contributed by atoms with Gasteiger partial charge in [0.2, 0.25) is 0 Å². The van der Waals surface area contributed by atoms with Crippen molar-refractivity contribution in [2.75, 3.05) is 6.61 Å². The Balaban J connectivity index is 1.45. The number of nitrogens with zero attached hydrogens (tertiary/aromatic N) is 2. The van der Waals surface area contributed by atoms with Crippen LogP contribution in [0.25, 0.3) is 0 Å². The predicted molar refractivity (Wildman–Crippen MR) is 171 cm³/mol. The van der Waals surface area contributed by atoms with Crippen molar-refractivity contribution in [3.63, 3.8) is 0 Å². The Morgan fingerprint density at radius 1 is 0.705 bits per heavy atom. The lowest BCUT2D eigenvalue weighted by atomic mass is 10.1. The van der Waals surface area contributed by atoms with Crippen LogP contribution in [0, 0.1) is 5.82 Å². The van der Waals surface area contributed by atoms with Crippen molar-refractivity contribution >= 4 is 23.3 Å². The Kier molecular flexibility index (Phi) is 15.1. The van der Waals surface area contributed by atoms with Crippen LogP contribution in [0.1, 0.15) is 112 Å². The first-order valence-electron chi connectivity index (χ1n) is 15.9. The average molecular weight is 605 g/mol. The molecule has 44 heavy (non-hydrogen) atoms. The lowest BCUT2D eigenvalue weighted by molar-refractivity contribution is 0.0319. The highest BCUT2D eigenvalue weighted by Gasteiger charge is 2.14. The van der Waals surface area contributed by atoms with Crippen LogP contribution < -0.4 is 9.47 Å². The number of azo groups is 1. The van der Waals surface area contributed by atoms with Crippen LogP contribution in [-0.2, 0) is 4.74 Å². The Bertz CT molecular complexity index is 1330. The van der Waals surface area contributed by atoms with Crippen molar-refractivity contribution in [3.8, 4) is 11.5 Å². The number of unbranched alkanes of at least 4 members (excludes halogenated alkanes) is 8. The number of ether oxygens (including phenoxy) is 3. The largest absolute Gasteiger partial charge is 0.491 e. The number of esters is 2. The van der Waals surface area contributed by atoms with Crippen LogP contribution >= 0.6 is 0 Å². The van der Waals surface area contributed by atoms with E-state index in [4.69, 9.17) is 14.2 Å². The summed E-state index contributed by atoms with van der Waals surface area (Å²) in [5.74, 6) is -0.917. The van der Waals surface area contributed by atoms with E-state index in [9.17, 15) is 14.0 Å². The minimum Gasteiger partial charge on any atom is -0.491 e.